The molecule has 0 unspecified atom stereocenters. The first-order valence-electron chi connectivity index (χ1n) is 11.1. The van der Waals surface area contributed by atoms with Gasteiger partial charge in [0.05, 0.1) is 52.9 Å². The monoisotopic (exact) mass is 414 g/mol. The molecule has 4 aliphatic heterocycles. The molecule has 4 aliphatic rings. The molecule has 0 aromatic rings. The maximum Gasteiger partial charge on any atom is 0.180 e. The van der Waals surface area contributed by atoms with Crippen molar-refractivity contribution in [3.63, 3.8) is 0 Å². The summed E-state index contributed by atoms with van der Waals surface area (Å²) in [4.78, 5) is 9.78. The van der Waals surface area contributed by atoms with E-state index in [2.05, 4.69) is 33.4 Å². The molecule has 0 atom stereocenters. The number of nitrogens with zero attached hydrogens (tertiary/aromatic N) is 4. The highest BCUT2D eigenvalue weighted by atomic mass is 16.6. The van der Waals surface area contributed by atoms with Gasteiger partial charge in [0, 0.05) is 52.4 Å². The molecular weight excluding hydrogens is 376 g/mol. The topological polar surface area (TPSA) is 59.1 Å². The Morgan fingerprint density at radius 2 is 0.655 bits per heavy atom. The summed E-state index contributed by atoms with van der Waals surface area (Å²) in [5.74, 6) is -1.06. The highest BCUT2D eigenvalue weighted by molar-refractivity contribution is 4.89. The van der Waals surface area contributed by atoms with Crippen molar-refractivity contribution < 1.29 is 23.7 Å². The van der Waals surface area contributed by atoms with Crippen LogP contribution in [0.3, 0.4) is 0 Å². The molecule has 0 aromatic carbocycles. The molecule has 0 radical (unpaired) electrons. The summed E-state index contributed by atoms with van der Waals surface area (Å²) in [5.41, 5.74) is 0. The number of rotatable bonds is 6. The van der Waals surface area contributed by atoms with Crippen LogP contribution in [0, 0.1) is 0 Å². The Labute approximate surface area is 174 Å². The molecule has 4 saturated heterocycles. The Morgan fingerprint density at radius 3 is 0.862 bits per heavy atom. The van der Waals surface area contributed by atoms with E-state index in [1.165, 1.54) is 0 Å². The van der Waals surface area contributed by atoms with E-state index in [0.717, 1.165) is 105 Å². The number of hydrogen-bond acceptors (Lipinski definition) is 9. The average molecular weight is 415 g/mol. The minimum Gasteiger partial charge on any atom is -0.379 e. The molecule has 4 fully saturated rings. The van der Waals surface area contributed by atoms with Crippen LogP contribution in [-0.2, 0) is 23.7 Å². The van der Waals surface area contributed by atoms with Crippen LogP contribution in [0.2, 0.25) is 0 Å². The molecule has 29 heavy (non-hydrogen) atoms. The summed E-state index contributed by atoms with van der Waals surface area (Å²) < 4.78 is 29.9. The molecule has 168 valence electrons. The minimum atomic E-state index is -0.529. The quantitative estimate of drug-likeness (QED) is 0.582. The van der Waals surface area contributed by atoms with Crippen LogP contribution in [0.1, 0.15) is 13.8 Å². The Kier molecular flexibility index (Phi) is 7.42. The zero-order chi connectivity index (χ0) is 20.2. The number of morpholine rings is 4. The van der Waals surface area contributed by atoms with Gasteiger partial charge < -0.3 is 23.7 Å². The first-order chi connectivity index (χ1) is 14.1. The third kappa shape index (κ3) is 4.78. The van der Waals surface area contributed by atoms with Gasteiger partial charge in [0.1, 0.15) is 0 Å². The van der Waals surface area contributed by atoms with Crippen molar-refractivity contribution in [2.24, 2.45) is 0 Å². The standard InChI is InChI=1S/C20H38N4O5/c1-19(21-3-11-25-12-4-21,22-5-13-26-14-6-22)29-20(2,23-7-15-27-16-8-23)24-9-17-28-18-10-24/h3-18H2,1-2H3. The Bertz CT molecular complexity index is 421. The van der Waals surface area contributed by atoms with Crippen molar-refractivity contribution in [3.8, 4) is 0 Å². The lowest BCUT2D eigenvalue weighted by atomic mass is 10.2. The van der Waals surface area contributed by atoms with Gasteiger partial charge in [0.25, 0.3) is 0 Å². The van der Waals surface area contributed by atoms with Crippen LogP contribution in [0.15, 0.2) is 0 Å². The molecule has 0 spiro atoms. The zero-order valence-corrected chi connectivity index (χ0v) is 18.1. The van der Waals surface area contributed by atoms with E-state index >= 15 is 0 Å². The van der Waals surface area contributed by atoms with Gasteiger partial charge in [-0.3, -0.25) is 19.6 Å². The van der Waals surface area contributed by atoms with Crippen LogP contribution in [-0.4, -0.2) is 137 Å². The van der Waals surface area contributed by atoms with E-state index < -0.39 is 11.7 Å². The van der Waals surface area contributed by atoms with Crippen LogP contribution < -0.4 is 0 Å². The lowest BCUT2D eigenvalue weighted by molar-refractivity contribution is -0.376. The predicted octanol–water partition coefficient (Wildman–Crippen LogP) is -0.321. The van der Waals surface area contributed by atoms with Crippen molar-refractivity contribution in [2.75, 3.05) is 105 Å². The highest BCUT2D eigenvalue weighted by Crippen LogP contribution is 2.34. The van der Waals surface area contributed by atoms with Gasteiger partial charge in [0.2, 0.25) is 0 Å². The van der Waals surface area contributed by atoms with Gasteiger partial charge in [-0.1, -0.05) is 0 Å². The molecule has 9 nitrogen and oxygen atoms in total. The van der Waals surface area contributed by atoms with Gasteiger partial charge in [-0.05, 0) is 13.8 Å². The van der Waals surface area contributed by atoms with Gasteiger partial charge in [-0.2, -0.15) is 0 Å². The van der Waals surface area contributed by atoms with Crippen LogP contribution in [0.5, 0.6) is 0 Å². The third-order valence-electron chi connectivity index (χ3n) is 6.78. The maximum absolute atomic E-state index is 7.26. The highest BCUT2D eigenvalue weighted by Gasteiger charge is 2.50. The lowest BCUT2D eigenvalue weighted by Crippen LogP contribution is -2.73. The van der Waals surface area contributed by atoms with E-state index in [1.54, 1.807) is 0 Å². The van der Waals surface area contributed by atoms with Crippen molar-refractivity contribution >= 4 is 0 Å². The molecule has 9 heteroatoms. The predicted molar refractivity (Wildman–Crippen MR) is 107 cm³/mol. The Hall–Kier alpha value is -0.360. The molecule has 4 rings (SSSR count). The second-order valence-electron chi connectivity index (χ2n) is 8.37. The lowest BCUT2D eigenvalue weighted by Gasteiger charge is -2.58. The smallest absolute Gasteiger partial charge is 0.180 e. The van der Waals surface area contributed by atoms with Gasteiger partial charge >= 0.3 is 0 Å². The van der Waals surface area contributed by atoms with Gasteiger partial charge in [0.15, 0.2) is 11.7 Å². The van der Waals surface area contributed by atoms with E-state index in [1.807, 2.05) is 0 Å². The van der Waals surface area contributed by atoms with Crippen molar-refractivity contribution in [2.45, 2.75) is 25.5 Å². The van der Waals surface area contributed by atoms with Crippen molar-refractivity contribution in [1.29, 1.82) is 0 Å². The summed E-state index contributed by atoms with van der Waals surface area (Å²) in [6.07, 6.45) is 0. The molecule has 0 N–H and O–H groups in total. The largest absolute Gasteiger partial charge is 0.379 e. The molecule has 0 aliphatic carbocycles. The summed E-state index contributed by atoms with van der Waals surface area (Å²) in [6.45, 7) is 17.4. The van der Waals surface area contributed by atoms with Gasteiger partial charge in [-0.15, -0.1) is 0 Å². The fourth-order valence-corrected chi connectivity index (χ4v) is 4.94. The third-order valence-corrected chi connectivity index (χ3v) is 6.78. The van der Waals surface area contributed by atoms with Crippen molar-refractivity contribution in [1.82, 2.24) is 19.6 Å². The SMILES string of the molecule is CC(OC(C)(N1CCOCC1)N1CCOCC1)(N1CCOCC1)N1CCOCC1. The summed E-state index contributed by atoms with van der Waals surface area (Å²) in [6, 6.07) is 0. The molecule has 4 heterocycles. The Balaban J connectivity index is 1.62. The van der Waals surface area contributed by atoms with E-state index in [-0.39, 0.29) is 0 Å². The van der Waals surface area contributed by atoms with Crippen LogP contribution in [0.4, 0.5) is 0 Å². The minimum absolute atomic E-state index is 0.529. The first-order valence-corrected chi connectivity index (χ1v) is 11.1. The van der Waals surface area contributed by atoms with E-state index in [0.29, 0.717) is 0 Å². The first kappa shape index (κ1) is 21.9. The van der Waals surface area contributed by atoms with E-state index in [4.69, 9.17) is 23.7 Å². The molecule has 0 aromatic heterocycles. The van der Waals surface area contributed by atoms with Gasteiger partial charge in [-0.25, -0.2) is 0 Å². The molecule has 0 amide bonds. The maximum atomic E-state index is 7.26. The summed E-state index contributed by atoms with van der Waals surface area (Å²) in [7, 11) is 0. The fourth-order valence-electron chi connectivity index (χ4n) is 4.94. The molecular formula is C20H38N4O5. The average Bonchev–Trinajstić information content (AvgIpc) is 2.81. The summed E-state index contributed by atoms with van der Waals surface area (Å²) in [5, 5.41) is 0. The van der Waals surface area contributed by atoms with E-state index in [9.17, 15) is 0 Å². The Morgan fingerprint density at radius 1 is 0.448 bits per heavy atom. The second-order valence-corrected chi connectivity index (χ2v) is 8.37. The molecule has 0 bridgehead atoms. The second kappa shape index (κ2) is 9.84. The van der Waals surface area contributed by atoms with Crippen LogP contribution >= 0.6 is 0 Å². The fraction of sp³-hybridized carbons (Fsp3) is 1.00. The number of hydrogen-bond donors (Lipinski definition) is 0. The normalized spacial score (nSPS) is 27.9. The molecule has 0 saturated carbocycles. The number of ether oxygens (including phenoxy) is 5. The summed E-state index contributed by atoms with van der Waals surface area (Å²) >= 11 is 0. The van der Waals surface area contributed by atoms with Crippen LogP contribution in [0.25, 0.3) is 0 Å². The van der Waals surface area contributed by atoms with Crippen molar-refractivity contribution in [3.05, 3.63) is 0 Å². The zero-order valence-electron chi connectivity index (χ0n) is 18.1.